The second-order valence-electron chi connectivity index (χ2n) is 19.0. The Balaban J connectivity index is 1.42. The van der Waals surface area contributed by atoms with E-state index in [-0.39, 0.29) is 108 Å². The van der Waals surface area contributed by atoms with Crippen molar-refractivity contribution in [1.82, 2.24) is 0 Å². The zero-order valence-corrected chi connectivity index (χ0v) is 38.5. The van der Waals surface area contributed by atoms with Crippen LogP contribution in [-0.4, -0.2) is 105 Å². The van der Waals surface area contributed by atoms with Crippen LogP contribution in [0, 0.1) is 59.2 Å². The second kappa shape index (κ2) is 20.6. The summed E-state index contributed by atoms with van der Waals surface area (Å²) in [5.74, 6) is 1.03. The van der Waals surface area contributed by atoms with Crippen LogP contribution >= 0.6 is 0 Å². The molecule has 334 valence electrons. The van der Waals surface area contributed by atoms with Gasteiger partial charge in [-0.2, -0.15) is 0 Å². The largest absolute Gasteiger partial charge is 0.388 e. The Morgan fingerprint density at radius 1 is 0.333 bits per heavy atom. The molecule has 0 aliphatic carbocycles. The summed E-state index contributed by atoms with van der Waals surface area (Å²) in [4.78, 5) is 0. The van der Waals surface area contributed by atoms with Gasteiger partial charge in [0.25, 0.3) is 0 Å². The molecule has 11 nitrogen and oxygen atoms in total. The van der Waals surface area contributed by atoms with E-state index in [0.29, 0.717) is 0 Å². The molecule has 0 spiro atoms. The van der Waals surface area contributed by atoms with Crippen molar-refractivity contribution in [3.05, 3.63) is 0 Å². The van der Waals surface area contributed by atoms with E-state index >= 15 is 0 Å². The molecule has 25 atom stereocenters. The van der Waals surface area contributed by atoms with E-state index in [1.807, 2.05) is 0 Å². The van der Waals surface area contributed by atoms with Crippen LogP contribution in [-0.2, 0) is 47.4 Å². The Hall–Kier alpha value is -0.440. The number of hydrogen-bond acceptors (Lipinski definition) is 11. The van der Waals surface area contributed by atoms with Crippen molar-refractivity contribution in [2.24, 2.45) is 59.2 Å². The lowest BCUT2D eigenvalue weighted by molar-refractivity contribution is -0.385. The van der Waals surface area contributed by atoms with Crippen LogP contribution in [0.3, 0.4) is 0 Å². The summed E-state index contributed by atoms with van der Waals surface area (Å²) >= 11 is 0. The molecular weight excluding hydrogens is 728 g/mol. The van der Waals surface area contributed by atoms with Gasteiger partial charge in [0.1, 0.15) is 18.3 Å². The monoisotopic (exact) mass is 813 g/mol. The van der Waals surface area contributed by atoms with Crippen molar-refractivity contribution in [2.75, 3.05) is 7.11 Å². The normalized spacial score (nSPS) is 52.5. The molecule has 11 heteroatoms. The number of ether oxygens (including phenoxy) is 10. The molecule has 0 aromatic heterocycles. The minimum absolute atomic E-state index is 0.000301. The molecule has 5 saturated heterocycles. The zero-order valence-electron chi connectivity index (χ0n) is 38.5. The fraction of sp³-hybridized carbons (Fsp3) is 1.00. The van der Waals surface area contributed by atoms with E-state index in [1.54, 1.807) is 7.11 Å². The Kier molecular flexibility index (Phi) is 17.2. The lowest BCUT2D eigenvalue weighted by Gasteiger charge is -2.52. The van der Waals surface area contributed by atoms with Crippen LogP contribution in [0.2, 0.25) is 0 Å². The molecule has 0 aromatic carbocycles. The van der Waals surface area contributed by atoms with Gasteiger partial charge in [-0.3, -0.25) is 0 Å². The van der Waals surface area contributed by atoms with Gasteiger partial charge in [-0.15, -0.1) is 0 Å². The first kappa shape index (κ1) is 47.6. The summed E-state index contributed by atoms with van der Waals surface area (Å²) < 4.78 is 67.6. The van der Waals surface area contributed by atoms with Gasteiger partial charge < -0.3 is 52.5 Å². The summed E-state index contributed by atoms with van der Waals surface area (Å²) in [5, 5.41) is 11.5. The molecule has 1 N–H and O–H groups in total. The lowest BCUT2D eigenvalue weighted by Crippen LogP contribution is -2.61. The third kappa shape index (κ3) is 9.80. The minimum Gasteiger partial charge on any atom is -0.388 e. The summed E-state index contributed by atoms with van der Waals surface area (Å²) in [6, 6.07) is 0. The Morgan fingerprint density at radius 3 is 1.05 bits per heavy atom. The van der Waals surface area contributed by atoms with Gasteiger partial charge in [0, 0.05) is 30.8 Å². The van der Waals surface area contributed by atoms with Crippen molar-refractivity contribution >= 4 is 0 Å². The maximum Gasteiger partial charge on any atom is 0.185 e. The fourth-order valence-electron chi connectivity index (χ4n) is 10.9. The summed E-state index contributed by atoms with van der Waals surface area (Å²) in [6.45, 7) is 32.8. The highest BCUT2D eigenvalue weighted by atomic mass is 16.8. The van der Waals surface area contributed by atoms with Crippen LogP contribution in [0.5, 0.6) is 0 Å². The molecule has 5 fully saturated rings. The Labute approximate surface area is 346 Å². The highest BCUT2D eigenvalue weighted by molar-refractivity contribution is 4.94. The first-order valence-electron chi connectivity index (χ1n) is 23.2. The van der Waals surface area contributed by atoms with Crippen molar-refractivity contribution in [2.45, 2.75) is 228 Å². The van der Waals surface area contributed by atoms with Gasteiger partial charge >= 0.3 is 0 Å². The molecule has 0 aromatic rings. The number of hydrogen-bond donors (Lipinski definition) is 1. The van der Waals surface area contributed by atoms with Crippen LogP contribution in [0.1, 0.15) is 136 Å². The Bertz CT molecular complexity index is 1190. The van der Waals surface area contributed by atoms with E-state index in [9.17, 15) is 5.11 Å². The minimum atomic E-state index is -0.774. The number of rotatable bonds is 14. The number of methoxy groups -OCH3 is 1. The molecular formula is C46H84O11. The average Bonchev–Trinajstić information content (AvgIpc) is 3.20. The maximum atomic E-state index is 11.5. The molecule has 5 aliphatic rings. The van der Waals surface area contributed by atoms with Crippen molar-refractivity contribution in [3.63, 3.8) is 0 Å². The van der Waals surface area contributed by atoms with Gasteiger partial charge in [0.05, 0.1) is 42.7 Å². The van der Waals surface area contributed by atoms with E-state index < -0.39 is 43.5 Å². The standard InChI is InChI=1S/C46H84O11/c1-17-32-22(6)25(9)37(47)44(51-32)56-40-26(10)23(7)34(19-3)53-46(40)57-41-27(11)24(8)33(18-2)52-45(41)55-39-29(13)36(21-5)50-43(31(39)15)54-38-28(12)35(20-4)49-42(48-16)30(38)14/h22-47H,17-21H2,1-16H3/t22-,23-,24-,25-,26-,27-,28+,29+,30?,31?,32?,33?,34?,35?,36?,37?,38-,39-,40?,41?,42-,43+,44+,45+,46+/m0/s1. The van der Waals surface area contributed by atoms with Gasteiger partial charge in [0.2, 0.25) is 0 Å². The quantitative estimate of drug-likeness (QED) is 0.182. The third-order valence-corrected chi connectivity index (χ3v) is 15.7. The smallest absolute Gasteiger partial charge is 0.185 e. The highest BCUT2D eigenvalue weighted by Crippen LogP contribution is 2.45. The second-order valence-corrected chi connectivity index (χ2v) is 19.0. The van der Waals surface area contributed by atoms with Gasteiger partial charge in [-0.1, -0.05) is 104 Å². The third-order valence-electron chi connectivity index (χ3n) is 15.7. The van der Waals surface area contributed by atoms with Crippen LogP contribution in [0.4, 0.5) is 0 Å². The number of aliphatic hydroxyl groups excluding tert-OH is 1. The predicted molar refractivity (Wildman–Crippen MR) is 219 cm³/mol. The van der Waals surface area contributed by atoms with Crippen LogP contribution < -0.4 is 0 Å². The lowest BCUT2D eigenvalue weighted by atomic mass is 9.80. The van der Waals surface area contributed by atoms with Crippen LogP contribution in [0.25, 0.3) is 0 Å². The SMILES string of the molecule is CCC1O[C@H](OC2[C@@H](OC3[C@@H](O[C@@H]4C(C)[C@@H](O[C@@H]5C(C)[C@@H](OC)OC(CC)[C@H]5C)OC(CC)[C@H]4C)OC(CC)[C@@H](C)[C@@H]3C)OC(CC)[C@@H](C)[C@@H]2C)C(O)[C@@H](C)[C@@H]1C. The van der Waals surface area contributed by atoms with Gasteiger partial charge in [-0.05, 0) is 67.6 Å². The molecule has 0 amide bonds. The van der Waals surface area contributed by atoms with E-state index in [1.165, 1.54) is 0 Å². The van der Waals surface area contributed by atoms with E-state index in [4.69, 9.17) is 47.4 Å². The van der Waals surface area contributed by atoms with E-state index in [0.717, 1.165) is 32.1 Å². The van der Waals surface area contributed by atoms with Gasteiger partial charge in [-0.25, -0.2) is 0 Å². The first-order chi connectivity index (χ1) is 27.1. The summed E-state index contributed by atoms with van der Waals surface area (Å²) in [5.41, 5.74) is 0. The molecule has 0 bridgehead atoms. The van der Waals surface area contributed by atoms with Crippen molar-refractivity contribution in [1.29, 1.82) is 0 Å². The highest BCUT2D eigenvalue weighted by Gasteiger charge is 2.53. The number of aliphatic hydroxyl groups is 1. The molecule has 10 unspecified atom stereocenters. The maximum absolute atomic E-state index is 11.5. The van der Waals surface area contributed by atoms with E-state index in [2.05, 4.69) is 104 Å². The topological polar surface area (TPSA) is 113 Å². The zero-order chi connectivity index (χ0) is 42.0. The average molecular weight is 813 g/mol. The molecule has 5 aliphatic heterocycles. The molecule has 0 radical (unpaired) electrons. The Morgan fingerprint density at radius 2 is 0.632 bits per heavy atom. The van der Waals surface area contributed by atoms with Crippen LogP contribution in [0.15, 0.2) is 0 Å². The molecule has 0 saturated carbocycles. The van der Waals surface area contributed by atoms with Gasteiger partial charge in [0.15, 0.2) is 31.5 Å². The molecule has 57 heavy (non-hydrogen) atoms. The molecule has 5 heterocycles. The summed E-state index contributed by atoms with van der Waals surface area (Å²) in [6.07, 6.45) is -0.724. The predicted octanol–water partition coefficient (Wildman–Crippen LogP) is 8.57. The first-order valence-corrected chi connectivity index (χ1v) is 23.2. The molecule has 5 rings (SSSR count). The fourth-order valence-corrected chi connectivity index (χ4v) is 10.9. The van der Waals surface area contributed by atoms with Crippen molar-refractivity contribution < 1.29 is 52.5 Å². The summed E-state index contributed by atoms with van der Waals surface area (Å²) in [7, 11) is 1.71. The van der Waals surface area contributed by atoms with Crippen molar-refractivity contribution in [3.8, 4) is 0 Å².